The number of aryl methyl sites for hydroxylation is 4. The average molecular weight is 677 g/mol. The molecule has 0 aromatic heterocycles. The van der Waals surface area contributed by atoms with Gasteiger partial charge in [-0.3, -0.25) is 0 Å². The molecule has 0 bridgehead atoms. The van der Waals surface area contributed by atoms with Gasteiger partial charge in [-0.1, -0.05) is 70.8 Å². The molecule has 0 aliphatic carbocycles. The molecule has 244 valence electrons. The molecule has 0 saturated heterocycles. The molecule has 6 aromatic carbocycles. The minimum Gasteiger partial charge on any atom is -0.457 e. The van der Waals surface area contributed by atoms with Crippen LogP contribution in [0.25, 0.3) is 0 Å². The maximum Gasteiger partial charge on any atom is 0.206 e. The van der Waals surface area contributed by atoms with Crippen molar-refractivity contribution in [3.8, 4) is 23.0 Å². The van der Waals surface area contributed by atoms with E-state index in [-0.39, 0.29) is 9.79 Å². The van der Waals surface area contributed by atoms with Crippen molar-refractivity contribution >= 4 is 19.7 Å². The predicted octanol–water partition coefficient (Wildman–Crippen LogP) is 9.86. The van der Waals surface area contributed by atoms with Crippen molar-refractivity contribution < 1.29 is 26.3 Å². The Morgan fingerprint density at radius 3 is 0.688 bits per heavy atom. The molecule has 0 N–H and O–H groups in total. The quantitative estimate of drug-likeness (QED) is 0.160. The van der Waals surface area contributed by atoms with Gasteiger partial charge in [0.1, 0.15) is 23.0 Å². The molecule has 8 heteroatoms. The van der Waals surface area contributed by atoms with E-state index in [0.717, 1.165) is 33.8 Å². The molecule has 0 amide bonds. The first kappa shape index (κ1) is 34.2. The fourth-order valence-electron chi connectivity index (χ4n) is 4.57. The predicted molar refractivity (Wildman–Crippen MR) is 189 cm³/mol. The highest BCUT2D eigenvalue weighted by atomic mass is 32.2. The van der Waals surface area contributed by atoms with E-state index in [4.69, 9.17) is 9.47 Å². The molecule has 0 heterocycles. The zero-order valence-corrected chi connectivity index (χ0v) is 28.8. The Kier molecular flexibility index (Phi) is 10.5. The van der Waals surface area contributed by atoms with E-state index in [2.05, 4.69) is 0 Å². The molecular weight excluding hydrogens is 641 g/mol. The van der Waals surface area contributed by atoms with Gasteiger partial charge in [0, 0.05) is 0 Å². The smallest absolute Gasteiger partial charge is 0.206 e. The van der Waals surface area contributed by atoms with Crippen LogP contribution in [0.2, 0.25) is 0 Å². The molecule has 0 aliphatic rings. The van der Waals surface area contributed by atoms with E-state index in [9.17, 15) is 16.8 Å². The van der Waals surface area contributed by atoms with Gasteiger partial charge in [-0.05, 0) is 125 Å². The Morgan fingerprint density at radius 2 is 0.458 bits per heavy atom. The van der Waals surface area contributed by atoms with Crippen molar-refractivity contribution in [1.82, 2.24) is 0 Å². The van der Waals surface area contributed by atoms with Gasteiger partial charge >= 0.3 is 0 Å². The molecule has 0 unspecified atom stereocenters. The fourth-order valence-corrected chi connectivity index (χ4v) is 7.09. The average Bonchev–Trinajstić information content (AvgIpc) is 3.08. The van der Waals surface area contributed by atoms with Gasteiger partial charge in [-0.15, -0.1) is 0 Å². The lowest BCUT2D eigenvalue weighted by atomic mass is 10.2. The number of hydrogen-bond acceptors (Lipinski definition) is 6. The topological polar surface area (TPSA) is 86.7 Å². The second kappa shape index (κ2) is 14.7. The summed E-state index contributed by atoms with van der Waals surface area (Å²) in [6.07, 6.45) is 0. The Hall–Kier alpha value is -5.18. The summed E-state index contributed by atoms with van der Waals surface area (Å²) in [7, 11) is -7.01. The molecule has 0 fully saturated rings. The lowest BCUT2D eigenvalue weighted by molar-refractivity contribution is 0.481. The largest absolute Gasteiger partial charge is 0.457 e. The van der Waals surface area contributed by atoms with Crippen molar-refractivity contribution in [3.05, 3.63) is 168 Å². The third kappa shape index (κ3) is 8.59. The third-order valence-corrected chi connectivity index (χ3v) is 11.0. The number of hydrogen-bond donors (Lipinski definition) is 0. The first-order chi connectivity index (χ1) is 22.9. The summed E-state index contributed by atoms with van der Waals surface area (Å²) >= 11 is 0. The van der Waals surface area contributed by atoms with Crippen LogP contribution in [-0.4, -0.2) is 16.8 Å². The summed E-state index contributed by atoms with van der Waals surface area (Å²) in [5.41, 5.74) is 4.36. The molecule has 6 rings (SSSR count). The normalized spacial score (nSPS) is 11.2. The van der Waals surface area contributed by atoms with Crippen LogP contribution in [0, 0.1) is 27.7 Å². The summed E-state index contributed by atoms with van der Waals surface area (Å²) in [5, 5.41) is 0. The van der Waals surface area contributed by atoms with E-state index >= 15 is 0 Å². The van der Waals surface area contributed by atoms with Gasteiger partial charge in [-0.2, -0.15) is 0 Å². The van der Waals surface area contributed by atoms with E-state index in [1.807, 2.05) is 76.2 Å². The van der Waals surface area contributed by atoms with Crippen LogP contribution < -0.4 is 9.47 Å². The fraction of sp³-hybridized carbons (Fsp3) is 0.100. The summed E-state index contributed by atoms with van der Waals surface area (Å²) in [6.45, 7) is 7.87. The molecule has 6 nitrogen and oxygen atoms in total. The van der Waals surface area contributed by atoms with E-state index in [1.54, 1.807) is 97.1 Å². The van der Waals surface area contributed by atoms with Crippen molar-refractivity contribution in [3.63, 3.8) is 0 Å². The van der Waals surface area contributed by atoms with Crippen LogP contribution in [-0.2, 0) is 19.7 Å². The Bertz CT molecular complexity index is 2010. The lowest BCUT2D eigenvalue weighted by Gasteiger charge is -2.08. The zero-order chi connectivity index (χ0) is 34.3. The third-order valence-electron chi connectivity index (χ3n) is 7.44. The summed E-state index contributed by atoms with van der Waals surface area (Å²) in [6, 6.07) is 42.0. The summed E-state index contributed by atoms with van der Waals surface area (Å²) in [4.78, 5) is 1.09. The zero-order valence-electron chi connectivity index (χ0n) is 27.1. The number of benzene rings is 6. The van der Waals surface area contributed by atoms with Gasteiger partial charge in [0.05, 0.1) is 19.6 Å². The molecule has 0 atom stereocenters. The van der Waals surface area contributed by atoms with Crippen LogP contribution in [0.5, 0.6) is 23.0 Å². The monoisotopic (exact) mass is 676 g/mol. The number of rotatable bonds is 8. The molecule has 0 spiro atoms. The first-order valence-electron chi connectivity index (χ1n) is 15.2. The summed E-state index contributed by atoms with van der Waals surface area (Å²) < 4.78 is 61.9. The second-order valence-corrected chi connectivity index (χ2v) is 15.3. The van der Waals surface area contributed by atoms with Gasteiger partial charge in [0.2, 0.25) is 19.7 Å². The van der Waals surface area contributed by atoms with Gasteiger partial charge < -0.3 is 9.47 Å². The van der Waals surface area contributed by atoms with E-state index < -0.39 is 19.7 Å². The van der Waals surface area contributed by atoms with Crippen molar-refractivity contribution in [2.24, 2.45) is 0 Å². The van der Waals surface area contributed by atoms with Crippen molar-refractivity contribution in [2.45, 2.75) is 47.3 Å². The SMILES string of the molecule is Cc1ccc(Oc2ccc(S(=O)(=O)c3ccc(C)cc3)cc2)cc1.Cc1ccc(Oc2ccc(S(=O)(=O)c3ccc(C)cc3)cc2)cc1. The second-order valence-electron chi connectivity index (χ2n) is 11.4. The maximum absolute atomic E-state index is 12.6. The Morgan fingerprint density at radius 1 is 0.292 bits per heavy atom. The highest BCUT2D eigenvalue weighted by Gasteiger charge is 2.18. The van der Waals surface area contributed by atoms with E-state index in [0.29, 0.717) is 21.3 Å². The lowest BCUT2D eigenvalue weighted by Crippen LogP contribution is -2.01. The van der Waals surface area contributed by atoms with Crippen LogP contribution >= 0.6 is 0 Å². The van der Waals surface area contributed by atoms with Gasteiger partial charge in [0.25, 0.3) is 0 Å². The van der Waals surface area contributed by atoms with Crippen LogP contribution in [0.3, 0.4) is 0 Å². The first-order valence-corrected chi connectivity index (χ1v) is 18.2. The minimum atomic E-state index is -3.51. The standard InChI is InChI=1S/2C20H18O3S/c2*1-15-3-7-17(8-4-15)23-18-9-13-20(14-10-18)24(21,22)19-11-5-16(2)6-12-19/h2*3-14H,1-2H3. The highest BCUT2D eigenvalue weighted by molar-refractivity contribution is 7.91. The molecule has 48 heavy (non-hydrogen) atoms. The number of sulfone groups is 2. The van der Waals surface area contributed by atoms with Gasteiger partial charge in [-0.25, -0.2) is 16.8 Å². The molecule has 0 saturated carbocycles. The van der Waals surface area contributed by atoms with Crippen LogP contribution in [0.15, 0.2) is 165 Å². The number of ether oxygens (including phenoxy) is 2. The van der Waals surface area contributed by atoms with Crippen LogP contribution in [0.1, 0.15) is 22.3 Å². The minimum absolute atomic E-state index is 0.252. The highest BCUT2D eigenvalue weighted by Crippen LogP contribution is 2.28. The maximum atomic E-state index is 12.6. The van der Waals surface area contributed by atoms with Gasteiger partial charge in [0.15, 0.2) is 0 Å². The molecular formula is C40H36O6S2. The van der Waals surface area contributed by atoms with E-state index in [1.165, 1.54) is 0 Å². The Balaban J connectivity index is 0.000000188. The molecule has 6 aromatic rings. The molecule has 0 radical (unpaired) electrons. The van der Waals surface area contributed by atoms with Crippen LogP contribution in [0.4, 0.5) is 0 Å². The Labute approximate surface area is 283 Å². The van der Waals surface area contributed by atoms with Crippen molar-refractivity contribution in [1.29, 1.82) is 0 Å². The molecule has 0 aliphatic heterocycles. The van der Waals surface area contributed by atoms with Crippen molar-refractivity contribution in [2.75, 3.05) is 0 Å². The summed E-state index contributed by atoms with van der Waals surface area (Å²) in [5.74, 6) is 2.63.